The van der Waals surface area contributed by atoms with E-state index in [-0.39, 0.29) is 4.90 Å². The lowest BCUT2D eigenvalue weighted by Crippen LogP contribution is -2.29. The summed E-state index contributed by atoms with van der Waals surface area (Å²) in [7, 11) is -1.89. The second kappa shape index (κ2) is 6.17. The smallest absolute Gasteiger partial charge is 0.242 e. The Labute approximate surface area is 130 Å². The van der Waals surface area contributed by atoms with Crippen molar-refractivity contribution < 1.29 is 8.42 Å². The third-order valence-corrected chi connectivity index (χ3v) is 6.41. The topological polar surface area (TPSA) is 63.4 Å². The number of thiophene rings is 1. The monoisotopic (exact) mass is 324 g/mol. The summed E-state index contributed by atoms with van der Waals surface area (Å²) in [5, 5.41) is 1.99. The first-order chi connectivity index (χ1) is 9.82. The highest BCUT2D eigenvalue weighted by atomic mass is 32.2. The summed E-state index contributed by atoms with van der Waals surface area (Å²) in [5.74, 6) is 0. The van der Waals surface area contributed by atoms with Crippen LogP contribution >= 0.6 is 11.3 Å². The number of sulfonamides is 1. The minimum atomic E-state index is -3.50. The van der Waals surface area contributed by atoms with Crippen molar-refractivity contribution in [1.82, 2.24) is 4.31 Å². The fraction of sp³-hybridized carbons (Fsp3) is 0.333. The summed E-state index contributed by atoms with van der Waals surface area (Å²) in [4.78, 5) is 1.44. The number of hydrogen-bond acceptors (Lipinski definition) is 4. The van der Waals surface area contributed by atoms with Crippen molar-refractivity contribution in [2.24, 2.45) is 0 Å². The fourth-order valence-corrected chi connectivity index (χ4v) is 4.02. The van der Waals surface area contributed by atoms with Gasteiger partial charge in [0.05, 0.1) is 4.90 Å². The van der Waals surface area contributed by atoms with Crippen molar-refractivity contribution in [3.63, 3.8) is 0 Å². The van der Waals surface area contributed by atoms with Gasteiger partial charge in [-0.25, -0.2) is 12.7 Å². The Morgan fingerprint density at radius 3 is 2.57 bits per heavy atom. The number of hydrogen-bond donors (Lipinski definition) is 1. The molecule has 1 heterocycles. The van der Waals surface area contributed by atoms with E-state index in [2.05, 4.69) is 0 Å². The van der Waals surface area contributed by atoms with Crippen LogP contribution in [0.5, 0.6) is 0 Å². The van der Waals surface area contributed by atoms with Gasteiger partial charge in [0.15, 0.2) is 0 Å². The van der Waals surface area contributed by atoms with E-state index < -0.39 is 10.0 Å². The number of aryl methyl sites for hydroxylation is 1. The first kappa shape index (κ1) is 16.0. The second-order valence-corrected chi connectivity index (χ2v) is 8.19. The molecule has 0 bridgehead atoms. The lowest BCUT2D eigenvalue weighted by Gasteiger charge is -2.18. The van der Waals surface area contributed by atoms with E-state index >= 15 is 0 Å². The van der Waals surface area contributed by atoms with Gasteiger partial charge in [-0.05, 0) is 55.0 Å². The molecule has 2 N–H and O–H groups in total. The molecule has 0 spiro atoms. The van der Waals surface area contributed by atoms with Crippen molar-refractivity contribution in [3.8, 4) is 0 Å². The summed E-state index contributed by atoms with van der Waals surface area (Å²) in [6.07, 6.45) is 0.716. The summed E-state index contributed by atoms with van der Waals surface area (Å²) >= 11 is 1.64. The van der Waals surface area contributed by atoms with Crippen LogP contribution in [0.3, 0.4) is 0 Å². The predicted octanol–water partition coefficient (Wildman–Crippen LogP) is 2.81. The van der Waals surface area contributed by atoms with E-state index in [1.54, 1.807) is 30.5 Å². The van der Waals surface area contributed by atoms with Crippen molar-refractivity contribution in [1.29, 1.82) is 0 Å². The predicted molar refractivity (Wildman–Crippen MR) is 88.2 cm³/mol. The number of anilines is 1. The molecule has 0 saturated heterocycles. The summed E-state index contributed by atoms with van der Waals surface area (Å²) in [5.41, 5.74) is 8.22. The van der Waals surface area contributed by atoms with Crippen LogP contribution in [0.4, 0.5) is 5.69 Å². The van der Waals surface area contributed by atoms with Crippen molar-refractivity contribution >= 4 is 27.0 Å². The number of nitrogen functional groups attached to an aromatic ring is 1. The highest BCUT2D eigenvalue weighted by Gasteiger charge is 2.22. The minimum absolute atomic E-state index is 0.261. The molecular weight excluding hydrogens is 304 g/mol. The Bertz CT molecular complexity index is 699. The molecule has 2 rings (SSSR count). The molecule has 21 heavy (non-hydrogen) atoms. The average molecular weight is 324 g/mol. The van der Waals surface area contributed by atoms with Crippen molar-refractivity contribution in [2.75, 3.05) is 19.3 Å². The number of benzene rings is 1. The first-order valence-corrected chi connectivity index (χ1v) is 9.00. The van der Waals surface area contributed by atoms with E-state index in [1.807, 2.05) is 31.4 Å². The lowest BCUT2D eigenvalue weighted by molar-refractivity contribution is 0.473. The van der Waals surface area contributed by atoms with Crippen LogP contribution in [-0.2, 0) is 16.4 Å². The lowest BCUT2D eigenvalue weighted by atomic mass is 10.1. The van der Waals surface area contributed by atoms with Crippen molar-refractivity contribution in [3.05, 3.63) is 45.6 Å². The maximum absolute atomic E-state index is 12.6. The van der Waals surface area contributed by atoms with Gasteiger partial charge in [0.2, 0.25) is 10.0 Å². The molecule has 4 nitrogen and oxygen atoms in total. The van der Waals surface area contributed by atoms with Crippen LogP contribution in [0, 0.1) is 13.8 Å². The van der Waals surface area contributed by atoms with Gasteiger partial charge in [-0.15, -0.1) is 11.3 Å². The minimum Gasteiger partial charge on any atom is -0.398 e. The van der Waals surface area contributed by atoms with Crippen LogP contribution < -0.4 is 5.73 Å². The van der Waals surface area contributed by atoms with Crippen molar-refractivity contribution in [2.45, 2.75) is 25.2 Å². The van der Waals surface area contributed by atoms with Crippen LogP contribution in [0.1, 0.15) is 16.0 Å². The highest BCUT2D eigenvalue weighted by Crippen LogP contribution is 2.24. The molecule has 0 amide bonds. The molecular formula is C15H20N2O2S2. The van der Waals surface area contributed by atoms with Gasteiger partial charge in [-0.1, -0.05) is 6.07 Å². The Hall–Kier alpha value is -1.37. The van der Waals surface area contributed by atoms with E-state index in [1.165, 1.54) is 9.18 Å². The van der Waals surface area contributed by atoms with Gasteiger partial charge in [-0.3, -0.25) is 0 Å². The quantitative estimate of drug-likeness (QED) is 0.860. The molecule has 1 aromatic heterocycles. The molecule has 2 aromatic rings. The Morgan fingerprint density at radius 1 is 1.29 bits per heavy atom. The van der Waals surface area contributed by atoms with E-state index in [0.717, 1.165) is 11.1 Å². The van der Waals surface area contributed by atoms with Gasteiger partial charge >= 0.3 is 0 Å². The van der Waals surface area contributed by atoms with E-state index in [0.29, 0.717) is 18.7 Å². The summed E-state index contributed by atoms with van der Waals surface area (Å²) in [6.45, 7) is 4.22. The normalized spacial score (nSPS) is 12.0. The molecule has 6 heteroatoms. The maximum atomic E-state index is 12.6. The first-order valence-electron chi connectivity index (χ1n) is 6.68. The zero-order valence-electron chi connectivity index (χ0n) is 12.5. The fourth-order valence-electron chi connectivity index (χ4n) is 2.02. The van der Waals surface area contributed by atoms with Crippen LogP contribution in [0.25, 0.3) is 0 Å². The number of nitrogens with two attached hydrogens (primary N) is 1. The van der Waals surface area contributed by atoms with Crippen LogP contribution in [0.15, 0.2) is 34.5 Å². The largest absolute Gasteiger partial charge is 0.398 e. The molecule has 1 aromatic carbocycles. The van der Waals surface area contributed by atoms with Gasteiger partial charge in [0, 0.05) is 24.2 Å². The standard InChI is InChI=1S/C15H20N2O2S2/c1-11-9-14(10-15(16)12(11)2)21(18,19)17(3)7-6-13-5-4-8-20-13/h4-5,8-10H,6-7,16H2,1-3H3. The van der Waals surface area contributed by atoms with E-state index in [9.17, 15) is 8.42 Å². The van der Waals surface area contributed by atoms with Gasteiger partial charge in [-0.2, -0.15) is 0 Å². The van der Waals surface area contributed by atoms with Gasteiger partial charge < -0.3 is 5.73 Å². The Balaban J connectivity index is 2.20. The maximum Gasteiger partial charge on any atom is 0.242 e. The third-order valence-electron chi connectivity index (χ3n) is 3.64. The molecule has 0 atom stereocenters. The zero-order valence-corrected chi connectivity index (χ0v) is 14.1. The molecule has 0 aliphatic rings. The number of likely N-dealkylation sites (N-methyl/N-ethyl adjacent to an activating group) is 1. The van der Waals surface area contributed by atoms with Crippen LogP contribution in [-0.4, -0.2) is 26.3 Å². The molecule has 114 valence electrons. The molecule has 0 fully saturated rings. The Kier molecular flexibility index (Phi) is 4.70. The summed E-state index contributed by atoms with van der Waals surface area (Å²) in [6, 6.07) is 7.21. The average Bonchev–Trinajstić information content (AvgIpc) is 2.94. The molecule has 0 aliphatic carbocycles. The summed E-state index contributed by atoms with van der Waals surface area (Å²) < 4.78 is 26.5. The zero-order chi connectivity index (χ0) is 15.6. The van der Waals surface area contributed by atoms with E-state index in [4.69, 9.17) is 5.73 Å². The number of rotatable bonds is 5. The van der Waals surface area contributed by atoms with Gasteiger partial charge in [0.1, 0.15) is 0 Å². The van der Waals surface area contributed by atoms with Gasteiger partial charge in [0.25, 0.3) is 0 Å². The molecule has 0 unspecified atom stereocenters. The molecule has 0 radical (unpaired) electrons. The number of nitrogens with zero attached hydrogens (tertiary/aromatic N) is 1. The third kappa shape index (κ3) is 3.45. The SMILES string of the molecule is Cc1cc(S(=O)(=O)N(C)CCc2cccs2)cc(N)c1C. The van der Waals surface area contributed by atoms with Crippen LogP contribution in [0.2, 0.25) is 0 Å². The molecule has 0 aliphatic heterocycles. The second-order valence-electron chi connectivity index (χ2n) is 5.11. The Morgan fingerprint density at radius 2 is 2.00 bits per heavy atom. The highest BCUT2D eigenvalue weighted by molar-refractivity contribution is 7.89. The molecule has 0 saturated carbocycles.